The third-order valence-corrected chi connectivity index (χ3v) is 7.61. The Kier molecular flexibility index (Phi) is 5.05. The summed E-state index contributed by atoms with van der Waals surface area (Å²) in [5.74, 6) is -0.0693. The van der Waals surface area contributed by atoms with E-state index < -0.39 is 29.0 Å². The number of nitrogens with zero attached hydrogens (tertiary/aromatic N) is 6. The Labute approximate surface area is 208 Å². The summed E-state index contributed by atoms with van der Waals surface area (Å²) in [6, 6.07) is 7.80. The first-order valence-corrected chi connectivity index (χ1v) is 11.9. The van der Waals surface area contributed by atoms with Crippen molar-refractivity contribution in [1.29, 1.82) is 0 Å². The number of thiazole rings is 1. The molecule has 0 aliphatic heterocycles. The minimum Gasteiger partial charge on any atom is -0.302 e. The Hall–Kier alpha value is -4.33. The molecule has 1 N–H and O–H groups in total. The first-order chi connectivity index (χ1) is 17.6. The van der Waals surface area contributed by atoms with Gasteiger partial charge in [0, 0.05) is 13.2 Å². The van der Waals surface area contributed by atoms with Crippen LogP contribution < -0.4 is 16.1 Å². The molecule has 5 aromatic rings. The minimum atomic E-state index is -4.56. The van der Waals surface area contributed by atoms with E-state index in [0.717, 1.165) is 22.0 Å². The van der Waals surface area contributed by atoms with Gasteiger partial charge >= 0.3 is 16.7 Å². The number of H-pyrrole nitrogens is 1. The van der Waals surface area contributed by atoms with Gasteiger partial charge in [0.2, 0.25) is 5.82 Å². The molecule has 0 radical (unpaired) electrons. The first kappa shape index (κ1) is 23.1. The van der Waals surface area contributed by atoms with E-state index in [9.17, 15) is 27.6 Å². The summed E-state index contributed by atoms with van der Waals surface area (Å²) in [4.78, 5) is 39.3. The zero-order valence-electron chi connectivity index (χ0n) is 19.0. The van der Waals surface area contributed by atoms with E-state index in [1.54, 1.807) is 25.2 Å². The molecular weight excluding hydrogens is 511 g/mol. The molecule has 6 rings (SSSR count). The Balaban J connectivity index is 1.61. The molecule has 1 atom stereocenters. The van der Waals surface area contributed by atoms with Crippen molar-refractivity contribution in [2.24, 2.45) is 7.05 Å². The van der Waals surface area contributed by atoms with Gasteiger partial charge < -0.3 is 4.57 Å². The summed E-state index contributed by atoms with van der Waals surface area (Å²) >= 11 is 1.000. The van der Waals surface area contributed by atoms with E-state index in [2.05, 4.69) is 20.6 Å². The molecule has 1 aliphatic carbocycles. The number of fused-ring (bicyclic) bond motifs is 2. The van der Waals surface area contributed by atoms with E-state index in [4.69, 9.17) is 0 Å². The maximum Gasteiger partial charge on any atom is 0.416 e. The summed E-state index contributed by atoms with van der Waals surface area (Å²) < 4.78 is 45.2. The van der Waals surface area contributed by atoms with E-state index in [-0.39, 0.29) is 40.2 Å². The summed E-state index contributed by atoms with van der Waals surface area (Å²) in [5.41, 5.74) is -0.961. The van der Waals surface area contributed by atoms with Gasteiger partial charge in [0.05, 0.1) is 27.5 Å². The third-order valence-electron chi connectivity index (χ3n) is 6.62. The standard InChI is InChI=1S/C23H16F3N7O3S/c1-31-17-7-5-11(9-18(17)37-22(31)36)32-10-14(19-27-29-30-28-19)20(34)33(21(32)35)16-8-6-12-13(16)3-2-4-15(12)23(24,25)26/h2-5,7,9-10,16H,6,8H2,1H3,(H,27,28,29,30)/t16-/m1/s1. The van der Waals surface area contributed by atoms with E-state index in [1.165, 1.54) is 27.5 Å². The number of tetrazole rings is 1. The van der Waals surface area contributed by atoms with Crippen LogP contribution in [0.2, 0.25) is 0 Å². The van der Waals surface area contributed by atoms with Crippen molar-refractivity contribution in [3.63, 3.8) is 0 Å². The van der Waals surface area contributed by atoms with Gasteiger partial charge in [-0.15, -0.1) is 10.2 Å². The molecule has 0 amide bonds. The topological polar surface area (TPSA) is 120 Å². The highest BCUT2D eigenvalue weighted by Crippen LogP contribution is 2.41. The van der Waals surface area contributed by atoms with Crippen molar-refractivity contribution in [3.8, 4) is 17.1 Å². The number of alkyl halides is 3. The Morgan fingerprint density at radius 3 is 2.68 bits per heavy atom. The molecule has 1 aliphatic rings. The van der Waals surface area contributed by atoms with Crippen LogP contribution in [0, 0.1) is 0 Å². The molecule has 14 heteroatoms. The normalized spacial score (nSPS) is 15.4. The average Bonchev–Trinajstić information content (AvgIpc) is 3.59. The molecule has 2 aromatic carbocycles. The monoisotopic (exact) mass is 527 g/mol. The Morgan fingerprint density at radius 1 is 1.14 bits per heavy atom. The lowest BCUT2D eigenvalue weighted by Gasteiger charge is -2.19. The molecule has 0 spiro atoms. The second-order valence-corrected chi connectivity index (χ2v) is 9.60. The number of aromatic nitrogens is 7. The smallest absolute Gasteiger partial charge is 0.302 e. The fraction of sp³-hybridized carbons (Fsp3) is 0.217. The van der Waals surface area contributed by atoms with Gasteiger partial charge in [-0.25, -0.2) is 4.79 Å². The highest BCUT2D eigenvalue weighted by Gasteiger charge is 2.38. The maximum atomic E-state index is 13.8. The molecule has 188 valence electrons. The van der Waals surface area contributed by atoms with Crippen LogP contribution in [0.25, 0.3) is 27.3 Å². The summed E-state index contributed by atoms with van der Waals surface area (Å²) in [6.07, 6.45) is -3.10. The van der Waals surface area contributed by atoms with Crippen LogP contribution in [-0.4, -0.2) is 34.3 Å². The molecule has 0 fully saturated rings. The van der Waals surface area contributed by atoms with E-state index >= 15 is 0 Å². The Bertz CT molecular complexity index is 1870. The number of halogens is 3. The number of nitrogens with one attached hydrogen (secondary N) is 1. The predicted molar refractivity (Wildman–Crippen MR) is 128 cm³/mol. The van der Waals surface area contributed by atoms with Gasteiger partial charge in [0.1, 0.15) is 5.56 Å². The molecule has 0 bridgehead atoms. The minimum absolute atomic E-state index is 0.0535. The van der Waals surface area contributed by atoms with Crippen LogP contribution in [0.15, 0.2) is 57.0 Å². The number of hydrogen-bond acceptors (Lipinski definition) is 7. The summed E-state index contributed by atoms with van der Waals surface area (Å²) in [7, 11) is 1.63. The van der Waals surface area contributed by atoms with Gasteiger partial charge in [-0.05, 0) is 53.4 Å². The zero-order chi connectivity index (χ0) is 26.1. The van der Waals surface area contributed by atoms with Gasteiger partial charge in [-0.3, -0.25) is 18.7 Å². The van der Waals surface area contributed by atoms with Crippen molar-refractivity contribution in [2.75, 3.05) is 0 Å². The number of aromatic amines is 1. The highest BCUT2D eigenvalue weighted by atomic mass is 32.1. The number of aryl methyl sites for hydroxylation is 1. The quantitative estimate of drug-likeness (QED) is 0.385. The van der Waals surface area contributed by atoms with Gasteiger partial charge in [-0.2, -0.15) is 18.4 Å². The zero-order valence-corrected chi connectivity index (χ0v) is 19.8. The molecule has 10 nitrogen and oxygen atoms in total. The fourth-order valence-corrected chi connectivity index (χ4v) is 5.81. The maximum absolute atomic E-state index is 13.8. The third kappa shape index (κ3) is 3.55. The van der Waals surface area contributed by atoms with Crippen molar-refractivity contribution in [2.45, 2.75) is 25.1 Å². The number of rotatable bonds is 3. The van der Waals surface area contributed by atoms with Gasteiger partial charge in [0.25, 0.3) is 5.56 Å². The van der Waals surface area contributed by atoms with E-state index in [0.29, 0.717) is 15.9 Å². The molecule has 3 aromatic heterocycles. The van der Waals surface area contributed by atoms with Crippen LogP contribution in [0.3, 0.4) is 0 Å². The van der Waals surface area contributed by atoms with E-state index in [1.807, 2.05) is 0 Å². The van der Waals surface area contributed by atoms with Crippen LogP contribution in [0.1, 0.15) is 29.2 Å². The van der Waals surface area contributed by atoms with Crippen LogP contribution in [0.5, 0.6) is 0 Å². The summed E-state index contributed by atoms with van der Waals surface area (Å²) in [6.45, 7) is 0. The van der Waals surface area contributed by atoms with Crippen LogP contribution >= 0.6 is 11.3 Å². The molecule has 0 saturated carbocycles. The van der Waals surface area contributed by atoms with Crippen molar-refractivity contribution < 1.29 is 13.2 Å². The molecule has 3 heterocycles. The lowest BCUT2D eigenvalue weighted by Crippen LogP contribution is -2.42. The number of hydrogen-bond donors (Lipinski definition) is 1. The molecule has 0 saturated heterocycles. The first-order valence-electron chi connectivity index (χ1n) is 11.1. The van der Waals surface area contributed by atoms with Crippen molar-refractivity contribution in [1.82, 2.24) is 34.3 Å². The van der Waals surface area contributed by atoms with Gasteiger partial charge in [-0.1, -0.05) is 23.5 Å². The van der Waals surface area contributed by atoms with Gasteiger partial charge in [0.15, 0.2) is 0 Å². The largest absolute Gasteiger partial charge is 0.416 e. The van der Waals surface area contributed by atoms with Crippen molar-refractivity contribution in [3.05, 3.63) is 89.8 Å². The fourth-order valence-electron chi connectivity index (χ4n) is 4.90. The second-order valence-electron chi connectivity index (χ2n) is 8.61. The average molecular weight is 527 g/mol. The molecule has 0 unspecified atom stereocenters. The van der Waals surface area contributed by atoms with Crippen LogP contribution in [0.4, 0.5) is 13.2 Å². The second kappa shape index (κ2) is 8.09. The Morgan fingerprint density at radius 2 is 1.95 bits per heavy atom. The lowest BCUT2D eigenvalue weighted by atomic mass is 10.0. The highest BCUT2D eigenvalue weighted by molar-refractivity contribution is 7.16. The SMILES string of the molecule is Cn1c(=O)sc2cc(-n3cc(-c4nn[nH]n4)c(=O)n([C@@H]4CCc5c4cccc5C(F)(F)F)c3=O)ccc21. The van der Waals surface area contributed by atoms with Crippen molar-refractivity contribution >= 4 is 21.6 Å². The summed E-state index contributed by atoms with van der Waals surface area (Å²) in [5, 5.41) is 13.5. The predicted octanol–water partition coefficient (Wildman–Crippen LogP) is 2.65. The molecular formula is C23H16F3N7O3S. The lowest BCUT2D eigenvalue weighted by molar-refractivity contribution is -0.138. The van der Waals surface area contributed by atoms with Crippen LogP contribution in [-0.2, 0) is 19.6 Å². The molecule has 37 heavy (non-hydrogen) atoms. The number of benzene rings is 2.